The molecule has 4 rings (SSSR count). The zero-order valence-electron chi connectivity index (χ0n) is 20.7. The first kappa shape index (κ1) is 24.9. The molecule has 0 saturated heterocycles. The van der Waals surface area contributed by atoms with Crippen LogP contribution in [0.5, 0.6) is 0 Å². The number of hydrogen-bond donors (Lipinski definition) is 1. The number of benzene rings is 3. The van der Waals surface area contributed by atoms with Crippen LogP contribution in [0.15, 0.2) is 84.9 Å². The molecule has 36 heavy (non-hydrogen) atoms. The van der Waals surface area contributed by atoms with E-state index in [0.717, 1.165) is 22.2 Å². The van der Waals surface area contributed by atoms with Gasteiger partial charge in [0.15, 0.2) is 6.61 Å². The molecule has 1 aromatic heterocycles. The Morgan fingerprint density at radius 1 is 0.861 bits per heavy atom. The number of amides is 1. The lowest BCUT2D eigenvalue weighted by atomic mass is 10.0. The summed E-state index contributed by atoms with van der Waals surface area (Å²) in [5.41, 5.74) is 3.65. The van der Waals surface area contributed by atoms with Crippen molar-refractivity contribution in [1.29, 1.82) is 0 Å². The molecule has 0 bridgehead atoms. The number of rotatable bonds is 9. The van der Waals surface area contributed by atoms with E-state index in [1.54, 1.807) is 24.3 Å². The van der Waals surface area contributed by atoms with Gasteiger partial charge in [-0.1, -0.05) is 80.6 Å². The number of nitrogens with one attached hydrogen (secondary N) is 1. The van der Waals surface area contributed by atoms with Crippen LogP contribution < -0.4 is 5.32 Å². The van der Waals surface area contributed by atoms with E-state index in [2.05, 4.69) is 9.88 Å². The van der Waals surface area contributed by atoms with Crippen LogP contribution in [-0.2, 0) is 16.1 Å². The average molecular weight is 483 g/mol. The average Bonchev–Trinajstić information content (AvgIpc) is 3.25. The van der Waals surface area contributed by atoms with Gasteiger partial charge in [-0.05, 0) is 36.6 Å². The molecule has 3 aromatic carbocycles. The predicted octanol–water partition coefficient (Wildman–Crippen LogP) is 5.51. The van der Waals surface area contributed by atoms with Crippen LogP contribution in [-0.4, -0.2) is 34.9 Å². The van der Waals surface area contributed by atoms with Crippen LogP contribution >= 0.6 is 0 Å². The molecule has 0 aliphatic heterocycles. The van der Waals surface area contributed by atoms with E-state index < -0.39 is 18.6 Å². The second-order valence-electron chi connectivity index (χ2n) is 8.94. The fraction of sp³-hybridized carbons (Fsp3) is 0.233. The molecule has 0 saturated carbocycles. The number of aryl methyl sites for hydroxylation is 1. The first-order valence-electron chi connectivity index (χ1n) is 12.1. The Hall–Kier alpha value is -4.19. The normalized spacial score (nSPS) is 11.9. The molecule has 0 spiro atoms. The van der Waals surface area contributed by atoms with E-state index in [9.17, 15) is 14.4 Å². The highest BCUT2D eigenvalue weighted by Gasteiger charge is 2.28. The molecule has 4 aromatic rings. The molecule has 1 heterocycles. The van der Waals surface area contributed by atoms with Crippen LogP contribution in [0.25, 0.3) is 22.2 Å². The summed E-state index contributed by atoms with van der Waals surface area (Å²) in [7, 11) is 0. The third-order valence-corrected chi connectivity index (χ3v) is 6.20. The van der Waals surface area contributed by atoms with Gasteiger partial charge in [0.05, 0.1) is 11.3 Å². The molecule has 0 aliphatic rings. The van der Waals surface area contributed by atoms with Crippen LogP contribution in [0.1, 0.15) is 41.5 Å². The maximum atomic E-state index is 13.5. The third-order valence-electron chi connectivity index (χ3n) is 6.20. The Kier molecular flexibility index (Phi) is 7.64. The van der Waals surface area contributed by atoms with Crippen molar-refractivity contribution in [3.05, 3.63) is 96.1 Å². The standard InChI is InChI=1S/C30H30N2O4/c1-4-32-24-18-12-11-17-23(24)26(28(32)21-13-7-5-8-14-21)25(33)19-36-30(35)27(20(2)3)31-29(34)22-15-9-6-10-16-22/h5-18,20,27H,4,19H2,1-3H3,(H,31,34). The number of aromatic nitrogens is 1. The van der Waals surface area contributed by atoms with Crippen molar-refractivity contribution >= 4 is 28.6 Å². The van der Waals surface area contributed by atoms with Gasteiger partial charge >= 0.3 is 5.97 Å². The van der Waals surface area contributed by atoms with Crippen molar-refractivity contribution in [1.82, 2.24) is 9.88 Å². The van der Waals surface area contributed by atoms with Crippen LogP contribution in [0.2, 0.25) is 0 Å². The summed E-state index contributed by atoms with van der Waals surface area (Å²) in [6.45, 7) is 5.94. The van der Waals surface area contributed by atoms with Crippen molar-refractivity contribution in [3.8, 4) is 11.3 Å². The lowest BCUT2D eigenvalue weighted by Crippen LogP contribution is -2.45. The number of carbonyl (C=O) groups excluding carboxylic acids is 3. The smallest absolute Gasteiger partial charge is 0.329 e. The number of Topliss-reactive ketones (excluding diaryl/α,β-unsaturated/α-hetero) is 1. The van der Waals surface area contributed by atoms with E-state index in [1.165, 1.54) is 0 Å². The summed E-state index contributed by atoms with van der Waals surface area (Å²) in [5, 5.41) is 3.56. The zero-order valence-corrected chi connectivity index (χ0v) is 20.7. The van der Waals surface area contributed by atoms with Crippen LogP contribution in [0.4, 0.5) is 0 Å². The SMILES string of the molecule is CCn1c(-c2ccccc2)c(C(=O)COC(=O)C(NC(=O)c2ccccc2)C(C)C)c2ccccc21. The molecule has 0 aliphatic carbocycles. The third kappa shape index (κ3) is 5.08. The topological polar surface area (TPSA) is 77.4 Å². The highest BCUT2D eigenvalue weighted by atomic mass is 16.5. The molecule has 1 atom stereocenters. The molecule has 1 amide bonds. The van der Waals surface area contributed by atoms with Crippen LogP contribution in [0.3, 0.4) is 0 Å². The maximum Gasteiger partial charge on any atom is 0.329 e. The minimum atomic E-state index is -0.879. The Balaban J connectivity index is 1.59. The Morgan fingerprint density at radius 2 is 1.47 bits per heavy atom. The Labute approximate surface area is 210 Å². The summed E-state index contributed by atoms with van der Waals surface area (Å²) in [6, 6.07) is 25.3. The number of hydrogen-bond acceptors (Lipinski definition) is 4. The van der Waals surface area contributed by atoms with E-state index in [0.29, 0.717) is 17.7 Å². The molecule has 0 fully saturated rings. The molecule has 0 radical (unpaired) electrons. The van der Waals surface area contributed by atoms with Crippen molar-refractivity contribution in [2.45, 2.75) is 33.4 Å². The van der Waals surface area contributed by atoms with Crippen molar-refractivity contribution in [3.63, 3.8) is 0 Å². The van der Waals surface area contributed by atoms with E-state index in [1.807, 2.05) is 81.4 Å². The van der Waals surface area contributed by atoms with Crippen molar-refractivity contribution in [2.75, 3.05) is 6.61 Å². The van der Waals surface area contributed by atoms with Gasteiger partial charge in [-0.25, -0.2) is 4.79 Å². The predicted molar refractivity (Wildman–Crippen MR) is 141 cm³/mol. The molecule has 184 valence electrons. The summed E-state index contributed by atoms with van der Waals surface area (Å²) < 4.78 is 7.60. The van der Waals surface area contributed by atoms with Gasteiger partial charge in [0.1, 0.15) is 6.04 Å². The van der Waals surface area contributed by atoms with Gasteiger partial charge in [0, 0.05) is 23.0 Å². The monoisotopic (exact) mass is 482 g/mol. The van der Waals surface area contributed by atoms with Gasteiger partial charge in [-0.3, -0.25) is 9.59 Å². The van der Waals surface area contributed by atoms with Gasteiger partial charge in [-0.2, -0.15) is 0 Å². The molecule has 1 N–H and O–H groups in total. The highest BCUT2D eigenvalue weighted by molar-refractivity contribution is 6.14. The fourth-order valence-corrected chi connectivity index (χ4v) is 4.42. The lowest BCUT2D eigenvalue weighted by molar-refractivity contribution is -0.145. The van der Waals surface area contributed by atoms with E-state index >= 15 is 0 Å². The number of para-hydroxylation sites is 1. The summed E-state index contributed by atoms with van der Waals surface area (Å²) in [4.78, 5) is 39.1. The number of fused-ring (bicyclic) bond motifs is 1. The maximum absolute atomic E-state index is 13.5. The van der Waals surface area contributed by atoms with Crippen molar-refractivity contribution in [2.24, 2.45) is 5.92 Å². The molecule has 6 nitrogen and oxygen atoms in total. The quantitative estimate of drug-likeness (QED) is 0.252. The molecular weight excluding hydrogens is 452 g/mol. The second-order valence-corrected chi connectivity index (χ2v) is 8.94. The summed E-state index contributed by atoms with van der Waals surface area (Å²) >= 11 is 0. The van der Waals surface area contributed by atoms with Crippen LogP contribution in [0, 0.1) is 5.92 Å². The van der Waals surface area contributed by atoms with Gasteiger partial charge in [0.2, 0.25) is 5.78 Å². The fourth-order valence-electron chi connectivity index (χ4n) is 4.42. The molecular formula is C30H30N2O4. The second kappa shape index (κ2) is 11.0. The van der Waals surface area contributed by atoms with Gasteiger partial charge < -0.3 is 14.6 Å². The number of nitrogens with zero attached hydrogens (tertiary/aromatic N) is 1. The molecule has 1 unspecified atom stereocenters. The Morgan fingerprint density at radius 3 is 2.11 bits per heavy atom. The number of ether oxygens (including phenoxy) is 1. The molecule has 6 heteroatoms. The van der Waals surface area contributed by atoms with E-state index in [4.69, 9.17) is 4.74 Å². The Bertz CT molecular complexity index is 1370. The minimum absolute atomic E-state index is 0.220. The lowest BCUT2D eigenvalue weighted by Gasteiger charge is -2.21. The highest BCUT2D eigenvalue weighted by Crippen LogP contribution is 2.34. The van der Waals surface area contributed by atoms with E-state index in [-0.39, 0.29) is 17.6 Å². The first-order valence-corrected chi connectivity index (χ1v) is 12.1. The minimum Gasteiger partial charge on any atom is -0.456 e. The number of esters is 1. The zero-order chi connectivity index (χ0) is 25.7. The van der Waals surface area contributed by atoms with Crippen molar-refractivity contribution < 1.29 is 19.1 Å². The van der Waals surface area contributed by atoms with Gasteiger partial charge in [0.25, 0.3) is 5.91 Å². The summed E-state index contributed by atoms with van der Waals surface area (Å²) in [6.07, 6.45) is 0. The van der Waals surface area contributed by atoms with Gasteiger partial charge in [-0.15, -0.1) is 0 Å². The number of ketones is 1. The first-order chi connectivity index (χ1) is 17.4. The largest absolute Gasteiger partial charge is 0.456 e. The summed E-state index contributed by atoms with van der Waals surface area (Å²) in [5.74, 6) is -1.51. The number of carbonyl (C=O) groups is 3.